The molecule has 2 aromatic carbocycles. The van der Waals surface area contributed by atoms with Crippen molar-refractivity contribution >= 4 is 16.1 Å². The molecule has 5 nitrogen and oxygen atoms in total. The number of rotatable bonds is 7. The van der Waals surface area contributed by atoms with Gasteiger partial charge in [-0.1, -0.05) is 30.3 Å². The molecule has 0 fully saturated rings. The topological polar surface area (TPSA) is 55.8 Å². The lowest BCUT2D eigenvalue weighted by Gasteiger charge is -2.18. The Morgan fingerprint density at radius 1 is 1.04 bits per heavy atom. The molecule has 0 aromatic heterocycles. The molecule has 2 rings (SSSR count). The Morgan fingerprint density at radius 2 is 1.64 bits per heavy atom. The first-order valence-corrected chi connectivity index (χ1v) is 9.28. The van der Waals surface area contributed by atoms with Crippen molar-refractivity contribution in [2.45, 2.75) is 13.5 Å². The number of hydrogen-bond donors (Lipinski definition) is 0. The Bertz CT molecular complexity index is 845. The second kappa shape index (κ2) is 8.18. The summed E-state index contributed by atoms with van der Waals surface area (Å²) in [6, 6.07) is 13.0. The van der Waals surface area contributed by atoms with E-state index < -0.39 is 10.0 Å². The molecule has 0 aliphatic heterocycles. The van der Waals surface area contributed by atoms with Crippen LogP contribution in [0.4, 0.5) is 0 Å². The van der Waals surface area contributed by atoms with Crippen molar-refractivity contribution in [1.29, 1.82) is 0 Å². The van der Waals surface area contributed by atoms with Crippen LogP contribution in [-0.2, 0) is 16.6 Å². The van der Waals surface area contributed by atoms with Crippen LogP contribution in [0.15, 0.2) is 47.9 Å². The molecule has 0 atom stereocenters. The molecule has 0 amide bonds. The van der Waals surface area contributed by atoms with Crippen LogP contribution in [0.2, 0.25) is 0 Å². The van der Waals surface area contributed by atoms with Crippen LogP contribution in [-0.4, -0.2) is 34.0 Å². The van der Waals surface area contributed by atoms with E-state index in [1.165, 1.54) is 9.71 Å². The molecule has 134 valence electrons. The lowest BCUT2D eigenvalue weighted by Crippen LogP contribution is -2.24. The van der Waals surface area contributed by atoms with Crippen molar-refractivity contribution in [1.82, 2.24) is 4.31 Å². The van der Waals surface area contributed by atoms with E-state index in [0.717, 1.165) is 16.7 Å². The fourth-order valence-corrected chi connectivity index (χ4v) is 3.21. The minimum Gasteiger partial charge on any atom is -0.493 e. The summed E-state index contributed by atoms with van der Waals surface area (Å²) in [5.74, 6) is 1.20. The number of nitrogens with zero attached hydrogens (tertiary/aromatic N) is 1. The molecule has 0 unspecified atom stereocenters. The van der Waals surface area contributed by atoms with E-state index in [2.05, 4.69) is 0 Å². The van der Waals surface area contributed by atoms with Crippen molar-refractivity contribution < 1.29 is 17.9 Å². The fraction of sp³-hybridized carbons (Fsp3) is 0.263. The molecular formula is C19H23NO4S. The van der Waals surface area contributed by atoms with Gasteiger partial charge in [-0.25, -0.2) is 8.42 Å². The van der Waals surface area contributed by atoms with Gasteiger partial charge in [0.1, 0.15) is 0 Å². The van der Waals surface area contributed by atoms with Gasteiger partial charge < -0.3 is 9.47 Å². The van der Waals surface area contributed by atoms with Crippen molar-refractivity contribution in [3.05, 3.63) is 64.6 Å². The Hall–Kier alpha value is -2.31. The number of methoxy groups -OCH3 is 2. The third kappa shape index (κ3) is 4.84. The zero-order valence-corrected chi connectivity index (χ0v) is 15.7. The molecule has 0 saturated carbocycles. The fourth-order valence-electron chi connectivity index (χ4n) is 2.36. The summed E-state index contributed by atoms with van der Waals surface area (Å²) in [4.78, 5) is 0. The van der Waals surface area contributed by atoms with E-state index in [9.17, 15) is 8.42 Å². The van der Waals surface area contributed by atoms with Gasteiger partial charge in [-0.2, -0.15) is 4.31 Å². The van der Waals surface area contributed by atoms with E-state index in [1.807, 2.05) is 43.3 Å². The van der Waals surface area contributed by atoms with Gasteiger partial charge in [0.2, 0.25) is 10.0 Å². The van der Waals surface area contributed by atoms with Gasteiger partial charge in [0.05, 0.1) is 14.2 Å². The minimum atomic E-state index is -3.53. The largest absolute Gasteiger partial charge is 0.493 e. The Morgan fingerprint density at radius 3 is 2.24 bits per heavy atom. The molecule has 2 aromatic rings. The maximum absolute atomic E-state index is 12.5. The summed E-state index contributed by atoms with van der Waals surface area (Å²) < 4.78 is 36.8. The van der Waals surface area contributed by atoms with Crippen LogP contribution in [0, 0.1) is 6.92 Å². The standard InChI is InChI=1S/C19H23NO4S/c1-15-12-18(23-3)19(24-4)13-17(15)14-20(2)25(21,22)11-10-16-8-6-5-7-9-16/h5-13H,14H2,1-4H3/b11-10+. The number of sulfonamides is 1. The molecule has 0 radical (unpaired) electrons. The van der Waals surface area contributed by atoms with Crippen molar-refractivity contribution in [3.8, 4) is 11.5 Å². The van der Waals surface area contributed by atoms with Crippen LogP contribution in [0.25, 0.3) is 6.08 Å². The third-order valence-electron chi connectivity index (χ3n) is 3.90. The Kier molecular flexibility index (Phi) is 6.22. The highest BCUT2D eigenvalue weighted by atomic mass is 32.2. The zero-order chi connectivity index (χ0) is 18.4. The van der Waals surface area contributed by atoms with Gasteiger partial charge in [-0.3, -0.25) is 0 Å². The maximum Gasteiger partial charge on any atom is 0.236 e. The summed E-state index contributed by atoms with van der Waals surface area (Å²) in [5, 5.41) is 1.22. The van der Waals surface area contributed by atoms with Crippen molar-refractivity contribution in [3.63, 3.8) is 0 Å². The molecule has 0 heterocycles. The van der Waals surface area contributed by atoms with Crippen LogP contribution in [0.3, 0.4) is 0 Å². The predicted molar refractivity (Wildman–Crippen MR) is 100 cm³/mol. The quantitative estimate of drug-likeness (QED) is 0.758. The average molecular weight is 361 g/mol. The van der Waals surface area contributed by atoms with Gasteiger partial charge in [0.25, 0.3) is 0 Å². The van der Waals surface area contributed by atoms with Crippen LogP contribution >= 0.6 is 0 Å². The Balaban J connectivity index is 2.21. The zero-order valence-electron chi connectivity index (χ0n) is 14.9. The first-order chi connectivity index (χ1) is 11.9. The van der Waals surface area contributed by atoms with E-state index in [0.29, 0.717) is 11.5 Å². The van der Waals surface area contributed by atoms with Gasteiger partial charge in [0.15, 0.2) is 11.5 Å². The average Bonchev–Trinajstić information content (AvgIpc) is 2.62. The molecule has 0 saturated heterocycles. The number of aryl methyl sites for hydroxylation is 1. The van der Waals surface area contributed by atoms with Crippen LogP contribution in [0.5, 0.6) is 11.5 Å². The van der Waals surface area contributed by atoms with E-state index in [4.69, 9.17) is 9.47 Å². The smallest absolute Gasteiger partial charge is 0.236 e. The summed E-state index contributed by atoms with van der Waals surface area (Å²) in [5.41, 5.74) is 2.63. The molecule has 0 spiro atoms. The first-order valence-electron chi connectivity index (χ1n) is 7.78. The second-order valence-electron chi connectivity index (χ2n) is 5.65. The SMILES string of the molecule is COc1cc(C)c(CN(C)S(=O)(=O)/C=C/c2ccccc2)cc1OC. The van der Waals surface area contributed by atoms with E-state index in [1.54, 1.807) is 33.4 Å². The van der Waals surface area contributed by atoms with Crippen LogP contribution in [0.1, 0.15) is 16.7 Å². The molecule has 6 heteroatoms. The second-order valence-corrected chi connectivity index (χ2v) is 7.57. The lowest BCUT2D eigenvalue weighted by molar-refractivity contribution is 0.353. The highest BCUT2D eigenvalue weighted by molar-refractivity contribution is 7.92. The predicted octanol–water partition coefficient (Wildman–Crippen LogP) is 3.44. The highest BCUT2D eigenvalue weighted by Gasteiger charge is 2.17. The summed E-state index contributed by atoms with van der Waals surface area (Å²) in [7, 11) is 1.16. The molecule has 0 aliphatic carbocycles. The molecule has 25 heavy (non-hydrogen) atoms. The van der Waals surface area contributed by atoms with Crippen molar-refractivity contribution in [2.24, 2.45) is 0 Å². The number of benzene rings is 2. The summed E-state index contributed by atoms with van der Waals surface area (Å²) >= 11 is 0. The van der Waals surface area contributed by atoms with E-state index in [-0.39, 0.29) is 6.54 Å². The van der Waals surface area contributed by atoms with Gasteiger partial charge >= 0.3 is 0 Å². The molecule has 0 bridgehead atoms. The molecule has 0 aliphatic rings. The number of ether oxygens (including phenoxy) is 2. The molecular weight excluding hydrogens is 338 g/mol. The van der Waals surface area contributed by atoms with Gasteiger partial charge in [-0.15, -0.1) is 0 Å². The van der Waals surface area contributed by atoms with Gasteiger partial charge in [-0.05, 0) is 41.8 Å². The molecule has 0 N–H and O–H groups in total. The highest BCUT2D eigenvalue weighted by Crippen LogP contribution is 2.31. The third-order valence-corrected chi connectivity index (χ3v) is 5.38. The monoisotopic (exact) mass is 361 g/mol. The number of hydrogen-bond acceptors (Lipinski definition) is 4. The maximum atomic E-state index is 12.5. The summed E-state index contributed by atoms with van der Waals surface area (Å²) in [6.07, 6.45) is 1.59. The minimum absolute atomic E-state index is 0.244. The van der Waals surface area contributed by atoms with Crippen molar-refractivity contribution in [2.75, 3.05) is 21.3 Å². The van der Waals surface area contributed by atoms with Gasteiger partial charge in [0, 0.05) is 19.0 Å². The van der Waals surface area contributed by atoms with Crippen LogP contribution < -0.4 is 9.47 Å². The lowest BCUT2D eigenvalue weighted by atomic mass is 10.1. The first kappa shape index (κ1) is 19.0. The Labute approximate surface area is 149 Å². The van der Waals surface area contributed by atoms with E-state index >= 15 is 0 Å². The summed E-state index contributed by atoms with van der Waals surface area (Å²) in [6.45, 7) is 2.16. The normalized spacial score (nSPS) is 11.9.